The summed E-state index contributed by atoms with van der Waals surface area (Å²) < 4.78 is 32.8. The molecule has 1 N–H and O–H groups in total. The molecule has 1 aromatic rings. The number of para-hydroxylation sites is 1. The minimum absolute atomic E-state index is 0.0312. The van der Waals surface area contributed by atoms with Crippen LogP contribution in [0, 0.1) is 17.6 Å². The number of likely N-dealkylation sites (tertiary alicyclic amines) is 1. The Morgan fingerprint density at radius 2 is 1.93 bits per heavy atom. The topological polar surface area (TPSA) is 58.6 Å². The Morgan fingerprint density at radius 3 is 2.52 bits per heavy atom. The molecule has 5 nitrogen and oxygen atoms in total. The number of hydrogen-bond acceptors (Lipinski definition) is 5. The van der Waals surface area contributed by atoms with E-state index in [4.69, 9.17) is 17.0 Å². The van der Waals surface area contributed by atoms with Crippen LogP contribution in [-0.2, 0) is 14.3 Å². The van der Waals surface area contributed by atoms with Crippen LogP contribution in [0.5, 0.6) is 0 Å². The quantitative estimate of drug-likeness (QED) is 0.585. The summed E-state index contributed by atoms with van der Waals surface area (Å²) in [6, 6.07) is 3.23. The highest BCUT2D eigenvalue weighted by atomic mass is 32.2. The lowest BCUT2D eigenvalue weighted by molar-refractivity contribution is -0.150. The Kier molecular flexibility index (Phi) is 7.97. The first-order valence-electron chi connectivity index (χ1n) is 8.64. The molecule has 1 aliphatic heterocycles. The number of amides is 1. The molecule has 1 heterocycles. The average molecular weight is 417 g/mol. The number of piperidine rings is 1. The van der Waals surface area contributed by atoms with Gasteiger partial charge in [0.15, 0.2) is 6.10 Å². The third-order valence-corrected chi connectivity index (χ3v) is 5.74. The number of rotatable bonds is 5. The molecule has 1 aliphatic rings. The lowest BCUT2D eigenvalue weighted by Crippen LogP contribution is -2.36. The molecule has 27 heavy (non-hydrogen) atoms. The number of esters is 1. The number of carbonyl (C=O) groups excluding carboxylic acids is 2. The number of halogens is 2. The molecule has 1 saturated heterocycles. The van der Waals surface area contributed by atoms with Crippen LogP contribution in [-0.4, -0.2) is 46.0 Å². The van der Waals surface area contributed by atoms with Crippen molar-refractivity contribution >= 4 is 45.9 Å². The van der Waals surface area contributed by atoms with E-state index in [9.17, 15) is 18.4 Å². The summed E-state index contributed by atoms with van der Waals surface area (Å²) >= 11 is 6.52. The van der Waals surface area contributed by atoms with Gasteiger partial charge >= 0.3 is 5.97 Å². The molecule has 0 unspecified atom stereocenters. The largest absolute Gasteiger partial charge is 0.452 e. The molecule has 0 spiro atoms. The SMILES string of the molecule is CC1CCN(C(=S)SCC(=O)O[C@H](C)C(=O)Nc2c(F)cccc2F)CC1. The number of thioether (sulfide) groups is 1. The molecule has 0 saturated carbocycles. The van der Waals surface area contributed by atoms with Gasteiger partial charge in [0.2, 0.25) is 0 Å². The Labute approximate surface area is 166 Å². The van der Waals surface area contributed by atoms with Crippen molar-refractivity contribution in [2.45, 2.75) is 32.8 Å². The number of nitrogens with one attached hydrogen (secondary N) is 1. The average Bonchev–Trinajstić information content (AvgIpc) is 2.63. The number of hydrogen-bond donors (Lipinski definition) is 1. The molecule has 1 fully saturated rings. The van der Waals surface area contributed by atoms with Gasteiger partial charge in [0.25, 0.3) is 5.91 Å². The van der Waals surface area contributed by atoms with Crippen molar-refractivity contribution in [3.8, 4) is 0 Å². The Bertz CT molecular complexity index is 690. The molecule has 0 aromatic heterocycles. The summed E-state index contributed by atoms with van der Waals surface area (Å²) in [4.78, 5) is 26.0. The van der Waals surface area contributed by atoms with Gasteiger partial charge in [-0.15, -0.1) is 0 Å². The summed E-state index contributed by atoms with van der Waals surface area (Å²) in [5.41, 5.74) is -0.569. The van der Waals surface area contributed by atoms with Gasteiger partial charge in [-0.2, -0.15) is 0 Å². The first-order valence-corrected chi connectivity index (χ1v) is 10.0. The van der Waals surface area contributed by atoms with E-state index in [1.807, 2.05) is 0 Å². The lowest BCUT2D eigenvalue weighted by atomic mass is 10.00. The number of benzene rings is 1. The fourth-order valence-corrected chi connectivity index (χ4v) is 3.56. The number of anilines is 1. The monoisotopic (exact) mass is 416 g/mol. The van der Waals surface area contributed by atoms with Gasteiger partial charge in [-0.05, 0) is 37.8 Å². The van der Waals surface area contributed by atoms with E-state index >= 15 is 0 Å². The van der Waals surface area contributed by atoms with E-state index < -0.39 is 35.3 Å². The Morgan fingerprint density at radius 1 is 1.33 bits per heavy atom. The van der Waals surface area contributed by atoms with Crippen molar-refractivity contribution in [2.24, 2.45) is 5.92 Å². The maximum atomic E-state index is 13.6. The van der Waals surface area contributed by atoms with Crippen molar-refractivity contribution in [3.05, 3.63) is 29.8 Å². The minimum atomic E-state index is -1.19. The third kappa shape index (κ3) is 6.42. The van der Waals surface area contributed by atoms with Crippen LogP contribution in [0.4, 0.5) is 14.5 Å². The van der Waals surface area contributed by atoms with Crippen LogP contribution in [0.15, 0.2) is 18.2 Å². The molecular weight excluding hydrogens is 394 g/mol. The summed E-state index contributed by atoms with van der Waals surface area (Å²) in [6.07, 6.45) is 0.936. The van der Waals surface area contributed by atoms with Gasteiger partial charge in [-0.3, -0.25) is 9.59 Å². The molecule has 1 atom stereocenters. The van der Waals surface area contributed by atoms with Crippen LogP contribution in [0.2, 0.25) is 0 Å². The molecule has 148 valence electrons. The van der Waals surface area contributed by atoms with Gasteiger partial charge in [0, 0.05) is 13.1 Å². The maximum Gasteiger partial charge on any atom is 0.317 e. The van der Waals surface area contributed by atoms with E-state index in [1.54, 1.807) is 0 Å². The standard InChI is InChI=1S/C18H22F2N2O3S2/c1-11-6-8-22(9-7-11)18(26)27-10-15(23)25-12(2)17(24)21-16-13(19)4-3-5-14(16)20/h3-5,11-12H,6-10H2,1-2H3,(H,21,24)/t12-/m1/s1. The second kappa shape index (κ2) is 9.98. The predicted molar refractivity (Wildman–Crippen MR) is 106 cm³/mol. The maximum absolute atomic E-state index is 13.6. The Hall–Kier alpha value is -1.74. The third-order valence-electron chi connectivity index (χ3n) is 4.24. The van der Waals surface area contributed by atoms with Gasteiger partial charge in [0.05, 0.1) is 5.75 Å². The smallest absolute Gasteiger partial charge is 0.317 e. The van der Waals surface area contributed by atoms with E-state index in [0.717, 1.165) is 38.1 Å². The van der Waals surface area contributed by atoms with Gasteiger partial charge < -0.3 is 15.0 Å². The fraction of sp³-hybridized carbons (Fsp3) is 0.500. The number of nitrogens with zero attached hydrogens (tertiary/aromatic N) is 1. The highest BCUT2D eigenvalue weighted by Crippen LogP contribution is 2.21. The summed E-state index contributed by atoms with van der Waals surface area (Å²) in [6.45, 7) is 5.27. The van der Waals surface area contributed by atoms with E-state index in [2.05, 4.69) is 17.1 Å². The van der Waals surface area contributed by atoms with Crippen LogP contribution in [0.25, 0.3) is 0 Å². The van der Waals surface area contributed by atoms with Gasteiger partial charge in [-0.1, -0.05) is 37.0 Å². The molecule has 1 amide bonds. The fourth-order valence-electron chi connectivity index (χ4n) is 2.53. The first-order chi connectivity index (χ1) is 12.8. The van der Waals surface area contributed by atoms with Gasteiger partial charge in [-0.25, -0.2) is 8.78 Å². The zero-order valence-electron chi connectivity index (χ0n) is 15.2. The molecular formula is C18H22F2N2O3S2. The lowest BCUT2D eigenvalue weighted by Gasteiger charge is -2.31. The van der Waals surface area contributed by atoms with Crippen molar-refractivity contribution in [1.29, 1.82) is 0 Å². The number of thiocarbonyl (C=S) groups is 1. The second-order valence-corrected chi connectivity index (χ2v) is 8.05. The molecule has 0 bridgehead atoms. The van der Waals surface area contributed by atoms with Crippen molar-refractivity contribution < 1.29 is 23.1 Å². The summed E-state index contributed by atoms with van der Waals surface area (Å²) in [7, 11) is 0. The van der Waals surface area contributed by atoms with Crippen LogP contribution < -0.4 is 5.32 Å². The zero-order chi connectivity index (χ0) is 20.0. The van der Waals surface area contributed by atoms with Crippen LogP contribution in [0.3, 0.4) is 0 Å². The molecule has 0 aliphatic carbocycles. The highest BCUT2D eigenvalue weighted by Gasteiger charge is 2.22. The van der Waals surface area contributed by atoms with Crippen molar-refractivity contribution in [2.75, 3.05) is 24.2 Å². The molecule has 1 aromatic carbocycles. The molecule has 9 heteroatoms. The first kappa shape index (κ1) is 21.6. The Balaban J connectivity index is 1.77. The van der Waals surface area contributed by atoms with E-state index in [-0.39, 0.29) is 5.75 Å². The number of ether oxygens (including phenoxy) is 1. The predicted octanol–water partition coefficient (Wildman–Crippen LogP) is 3.59. The van der Waals surface area contributed by atoms with Crippen molar-refractivity contribution in [1.82, 2.24) is 4.90 Å². The van der Waals surface area contributed by atoms with E-state index in [0.29, 0.717) is 10.2 Å². The molecule has 2 rings (SSSR count). The van der Waals surface area contributed by atoms with Crippen LogP contribution >= 0.6 is 24.0 Å². The van der Waals surface area contributed by atoms with Crippen molar-refractivity contribution in [3.63, 3.8) is 0 Å². The second-order valence-electron chi connectivity index (χ2n) is 6.44. The number of carbonyl (C=O) groups is 2. The zero-order valence-corrected chi connectivity index (χ0v) is 16.8. The summed E-state index contributed by atoms with van der Waals surface area (Å²) in [5.74, 6) is -2.60. The van der Waals surface area contributed by atoms with E-state index in [1.165, 1.54) is 24.8 Å². The highest BCUT2D eigenvalue weighted by molar-refractivity contribution is 8.23. The minimum Gasteiger partial charge on any atom is -0.452 e. The van der Waals surface area contributed by atoms with Gasteiger partial charge in [0.1, 0.15) is 21.6 Å². The normalized spacial score (nSPS) is 15.9. The summed E-state index contributed by atoms with van der Waals surface area (Å²) in [5, 5.41) is 2.10. The molecule has 0 radical (unpaired) electrons. The van der Waals surface area contributed by atoms with Crippen LogP contribution in [0.1, 0.15) is 26.7 Å².